The van der Waals surface area contributed by atoms with Gasteiger partial charge in [0.1, 0.15) is 12.4 Å². The number of hydrogen-bond acceptors (Lipinski definition) is 3. The van der Waals surface area contributed by atoms with E-state index in [-0.39, 0.29) is 6.04 Å². The van der Waals surface area contributed by atoms with Crippen LogP contribution in [-0.2, 0) is 13.1 Å². The van der Waals surface area contributed by atoms with Gasteiger partial charge < -0.3 is 15.2 Å². The molecule has 154 valence electrons. The van der Waals surface area contributed by atoms with Crippen LogP contribution in [0, 0.1) is 5.92 Å². The largest absolute Gasteiger partial charge is 0.357 e. The molecular formula is C22H31N7. The summed E-state index contributed by atoms with van der Waals surface area (Å²) in [7, 11) is 0. The molecule has 2 N–H and O–H groups in total. The number of imidazole rings is 1. The van der Waals surface area contributed by atoms with Gasteiger partial charge in [0, 0.05) is 37.9 Å². The number of nitrogens with one attached hydrogen (secondary N) is 2. The highest BCUT2D eigenvalue weighted by molar-refractivity contribution is 5.80. The minimum absolute atomic E-state index is 0.0960. The molecule has 7 nitrogen and oxygen atoms in total. The lowest BCUT2D eigenvalue weighted by Gasteiger charge is -2.19. The number of guanidine groups is 1. The number of aromatic nitrogens is 4. The van der Waals surface area contributed by atoms with Gasteiger partial charge in [0.15, 0.2) is 5.96 Å². The van der Waals surface area contributed by atoms with Crippen LogP contribution in [0.2, 0.25) is 0 Å². The van der Waals surface area contributed by atoms with Gasteiger partial charge >= 0.3 is 0 Å². The summed E-state index contributed by atoms with van der Waals surface area (Å²) in [6, 6.07) is 10.4. The molecule has 2 heterocycles. The standard InChI is InChI=1S/C22H31N7/c1-5-23-22(25-15-21-24-11-13-28(21)16-17(2)3)27-18(4)19-8-6-9-20(14-19)29-12-7-10-26-29/h6-14,17-18H,5,15-16H2,1-4H3,(H2,23,25,27). The maximum absolute atomic E-state index is 4.76. The van der Waals surface area contributed by atoms with E-state index in [4.69, 9.17) is 4.99 Å². The number of hydrogen-bond donors (Lipinski definition) is 2. The summed E-state index contributed by atoms with van der Waals surface area (Å²) in [4.78, 5) is 9.22. The third-order valence-corrected chi connectivity index (χ3v) is 4.58. The van der Waals surface area contributed by atoms with E-state index in [0.29, 0.717) is 12.5 Å². The highest BCUT2D eigenvalue weighted by Crippen LogP contribution is 2.16. The molecule has 7 heteroatoms. The Bertz CT molecular complexity index is 909. The first-order valence-corrected chi connectivity index (χ1v) is 10.2. The highest BCUT2D eigenvalue weighted by atomic mass is 15.3. The normalized spacial score (nSPS) is 12.9. The van der Waals surface area contributed by atoms with E-state index in [1.807, 2.05) is 29.3 Å². The first kappa shape index (κ1) is 20.6. The van der Waals surface area contributed by atoms with Crippen molar-refractivity contribution in [1.29, 1.82) is 0 Å². The van der Waals surface area contributed by atoms with Gasteiger partial charge in [-0.05, 0) is 43.5 Å². The monoisotopic (exact) mass is 393 g/mol. The molecule has 0 radical (unpaired) electrons. The second kappa shape index (κ2) is 9.91. The van der Waals surface area contributed by atoms with Crippen molar-refractivity contribution in [3.05, 3.63) is 66.5 Å². The van der Waals surface area contributed by atoms with E-state index in [1.54, 1.807) is 6.20 Å². The summed E-state index contributed by atoms with van der Waals surface area (Å²) in [6.07, 6.45) is 7.60. The summed E-state index contributed by atoms with van der Waals surface area (Å²) < 4.78 is 4.04. The van der Waals surface area contributed by atoms with Crippen molar-refractivity contribution in [2.45, 2.75) is 46.8 Å². The van der Waals surface area contributed by atoms with Crippen LogP contribution < -0.4 is 10.6 Å². The Labute approximate surface area is 172 Å². The van der Waals surface area contributed by atoms with E-state index in [2.05, 4.69) is 77.2 Å². The lowest BCUT2D eigenvalue weighted by atomic mass is 10.1. The molecule has 0 spiro atoms. The average molecular weight is 394 g/mol. The van der Waals surface area contributed by atoms with E-state index in [0.717, 1.165) is 30.6 Å². The zero-order valence-corrected chi connectivity index (χ0v) is 17.7. The van der Waals surface area contributed by atoms with Crippen LogP contribution in [0.3, 0.4) is 0 Å². The topological polar surface area (TPSA) is 72.1 Å². The molecule has 0 amide bonds. The lowest BCUT2D eigenvalue weighted by molar-refractivity contribution is 0.507. The fourth-order valence-corrected chi connectivity index (χ4v) is 3.17. The molecule has 0 fully saturated rings. The molecule has 0 aliphatic carbocycles. The van der Waals surface area contributed by atoms with Gasteiger partial charge in [0.25, 0.3) is 0 Å². The third kappa shape index (κ3) is 5.70. The molecule has 0 saturated carbocycles. The second-order valence-electron chi connectivity index (χ2n) is 7.50. The summed E-state index contributed by atoms with van der Waals surface area (Å²) in [5, 5.41) is 11.1. The van der Waals surface area contributed by atoms with Crippen molar-refractivity contribution in [1.82, 2.24) is 30.0 Å². The molecule has 2 aromatic heterocycles. The first-order valence-electron chi connectivity index (χ1n) is 10.2. The highest BCUT2D eigenvalue weighted by Gasteiger charge is 2.10. The third-order valence-electron chi connectivity index (χ3n) is 4.58. The van der Waals surface area contributed by atoms with Crippen molar-refractivity contribution in [3.8, 4) is 5.69 Å². The van der Waals surface area contributed by atoms with E-state index in [9.17, 15) is 0 Å². The fourth-order valence-electron chi connectivity index (χ4n) is 3.17. The maximum atomic E-state index is 4.76. The van der Waals surface area contributed by atoms with Crippen LogP contribution in [-0.4, -0.2) is 31.8 Å². The van der Waals surface area contributed by atoms with Gasteiger partial charge in [-0.3, -0.25) is 0 Å². The van der Waals surface area contributed by atoms with Crippen LogP contribution in [0.1, 0.15) is 45.1 Å². The van der Waals surface area contributed by atoms with E-state index < -0.39 is 0 Å². The van der Waals surface area contributed by atoms with Crippen LogP contribution in [0.5, 0.6) is 0 Å². The number of nitrogens with zero attached hydrogens (tertiary/aromatic N) is 5. The van der Waals surface area contributed by atoms with Gasteiger partial charge in [-0.2, -0.15) is 5.10 Å². The van der Waals surface area contributed by atoms with Crippen molar-refractivity contribution < 1.29 is 0 Å². The van der Waals surface area contributed by atoms with Gasteiger partial charge in [-0.15, -0.1) is 0 Å². The molecule has 0 bridgehead atoms. The fraction of sp³-hybridized carbons (Fsp3) is 0.409. The SMILES string of the molecule is CCNC(=NCc1nccn1CC(C)C)NC(C)c1cccc(-n2cccn2)c1. The van der Waals surface area contributed by atoms with Crippen molar-refractivity contribution in [2.24, 2.45) is 10.9 Å². The average Bonchev–Trinajstić information content (AvgIpc) is 3.38. The molecule has 0 aliphatic rings. The van der Waals surface area contributed by atoms with Gasteiger partial charge in [-0.25, -0.2) is 14.7 Å². The summed E-state index contributed by atoms with van der Waals surface area (Å²) in [5.74, 6) is 2.33. The molecule has 0 aliphatic heterocycles. The van der Waals surface area contributed by atoms with Gasteiger partial charge in [0.2, 0.25) is 0 Å². The van der Waals surface area contributed by atoms with Crippen molar-refractivity contribution >= 4 is 5.96 Å². The Hall–Kier alpha value is -3.09. The first-order chi connectivity index (χ1) is 14.1. The quantitative estimate of drug-likeness (QED) is 0.454. The van der Waals surface area contributed by atoms with Crippen molar-refractivity contribution in [3.63, 3.8) is 0 Å². The lowest BCUT2D eigenvalue weighted by Crippen LogP contribution is -2.38. The minimum atomic E-state index is 0.0960. The van der Waals surface area contributed by atoms with Crippen LogP contribution in [0.15, 0.2) is 60.1 Å². The Morgan fingerprint density at radius 1 is 1.14 bits per heavy atom. The Kier molecular flexibility index (Phi) is 7.05. The zero-order valence-electron chi connectivity index (χ0n) is 17.7. The maximum Gasteiger partial charge on any atom is 0.192 e. The summed E-state index contributed by atoms with van der Waals surface area (Å²) in [6.45, 7) is 10.9. The number of benzene rings is 1. The van der Waals surface area contributed by atoms with E-state index in [1.165, 1.54) is 5.56 Å². The molecule has 1 aromatic carbocycles. The second-order valence-corrected chi connectivity index (χ2v) is 7.50. The molecule has 3 aromatic rings. The molecule has 0 saturated heterocycles. The summed E-state index contributed by atoms with van der Waals surface area (Å²) in [5.41, 5.74) is 2.21. The predicted molar refractivity (Wildman–Crippen MR) is 117 cm³/mol. The zero-order chi connectivity index (χ0) is 20.6. The molecular weight excluding hydrogens is 362 g/mol. The van der Waals surface area contributed by atoms with Crippen molar-refractivity contribution in [2.75, 3.05) is 6.54 Å². The Morgan fingerprint density at radius 3 is 2.72 bits per heavy atom. The molecule has 29 heavy (non-hydrogen) atoms. The molecule has 1 atom stereocenters. The van der Waals surface area contributed by atoms with Crippen LogP contribution >= 0.6 is 0 Å². The Morgan fingerprint density at radius 2 is 2.00 bits per heavy atom. The summed E-state index contributed by atoms with van der Waals surface area (Å²) >= 11 is 0. The molecule has 1 unspecified atom stereocenters. The van der Waals surface area contributed by atoms with Crippen LogP contribution in [0.4, 0.5) is 0 Å². The number of aliphatic imine (C=N–C) groups is 1. The Balaban J connectivity index is 1.71. The predicted octanol–water partition coefficient (Wildman–Crippen LogP) is 3.54. The van der Waals surface area contributed by atoms with Gasteiger partial charge in [-0.1, -0.05) is 26.0 Å². The minimum Gasteiger partial charge on any atom is -0.357 e. The van der Waals surface area contributed by atoms with E-state index >= 15 is 0 Å². The smallest absolute Gasteiger partial charge is 0.192 e. The molecule has 3 rings (SSSR count). The van der Waals surface area contributed by atoms with Gasteiger partial charge in [0.05, 0.1) is 11.7 Å². The number of rotatable bonds is 8. The van der Waals surface area contributed by atoms with Crippen LogP contribution in [0.25, 0.3) is 5.69 Å².